The Hall–Kier alpha value is -2.67. The van der Waals surface area contributed by atoms with Gasteiger partial charge < -0.3 is 15.0 Å². The average molecular weight is 304 g/mol. The fourth-order valence-corrected chi connectivity index (χ4v) is 1.88. The third-order valence-corrected chi connectivity index (χ3v) is 3.12. The summed E-state index contributed by atoms with van der Waals surface area (Å²) in [4.78, 5) is 4.25. The van der Waals surface area contributed by atoms with Crippen LogP contribution in [0.1, 0.15) is 0 Å². The molecule has 0 fully saturated rings. The molecule has 3 rings (SSSR count). The van der Waals surface area contributed by atoms with Crippen LogP contribution in [0.4, 0.5) is 5.69 Å². The Balaban J connectivity index is 1.97. The maximum atomic E-state index is 5.97. The molecule has 0 unspecified atom stereocenters. The van der Waals surface area contributed by atoms with Crippen LogP contribution in [-0.2, 0) is 0 Å². The predicted octanol–water partition coefficient (Wildman–Crippen LogP) is 2.44. The summed E-state index contributed by atoms with van der Waals surface area (Å²) in [7, 11) is 1.51. The smallest absolute Gasteiger partial charge is 0.260 e. The molecule has 106 valence electrons. The lowest BCUT2D eigenvalue weighted by Gasteiger charge is -2.01. The van der Waals surface area contributed by atoms with Crippen LogP contribution < -0.4 is 10.5 Å². The van der Waals surface area contributed by atoms with E-state index in [0.717, 1.165) is 0 Å². The number of nitrogen functional groups attached to an aromatic ring is 1. The van der Waals surface area contributed by atoms with Crippen molar-refractivity contribution in [2.24, 2.45) is 0 Å². The maximum Gasteiger partial charge on any atom is 0.260 e. The zero-order chi connectivity index (χ0) is 14.8. The Morgan fingerprint density at radius 1 is 1.19 bits per heavy atom. The van der Waals surface area contributed by atoms with Gasteiger partial charge in [0.05, 0.1) is 23.4 Å². The number of hydrogen-bond donors (Lipinski definition) is 1. The molecule has 0 aliphatic heterocycles. The quantitative estimate of drug-likeness (QED) is 0.742. The molecule has 0 aliphatic carbocycles. The van der Waals surface area contributed by atoms with Gasteiger partial charge in [-0.05, 0) is 18.2 Å². The third-order valence-electron chi connectivity index (χ3n) is 2.79. The van der Waals surface area contributed by atoms with Crippen molar-refractivity contribution in [1.82, 2.24) is 20.3 Å². The van der Waals surface area contributed by atoms with Crippen molar-refractivity contribution in [2.45, 2.75) is 0 Å². The summed E-state index contributed by atoms with van der Waals surface area (Å²) < 4.78 is 10.1. The monoisotopic (exact) mass is 303 g/mol. The molecular formula is C13H10ClN5O2. The summed E-state index contributed by atoms with van der Waals surface area (Å²) >= 11 is 5.97. The van der Waals surface area contributed by atoms with Gasteiger partial charge in [0.2, 0.25) is 11.7 Å². The highest BCUT2D eigenvalue weighted by atomic mass is 35.5. The molecule has 7 nitrogen and oxygen atoms in total. The van der Waals surface area contributed by atoms with Gasteiger partial charge in [-0.2, -0.15) is 4.98 Å². The highest BCUT2D eigenvalue weighted by molar-refractivity contribution is 6.33. The van der Waals surface area contributed by atoms with Gasteiger partial charge in [0.15, 0.2) is 0 Å². The molecule has 0 radical (unpaired) electrons. The lowest BCUT2D eigenvalue weighted by Crippen LogP contribution is -1.93. The number of aromatic nitrogens is 4. The number of nitrogens with two attached hydrogens (primary N) is 1. The minimum atomic E-state index is 0.266. The summed E-state index contributed by atoms with van der Waals surface area (Å²) in [6.45, 7) is 0. The Morgan fingerprint density at radius 2 is 2.05 bits per heavy atom. The predicted molar refractivity (Wildman–Crippen MR) is 76.7 cm³/mol. The standard InChI is InChI=1S/C13H10ClN5O2/c1-20-10-6-5-9(17-18-10)12-16-13(21-19-12)7-3-2-4-8(14)11(7)15/h2-6H,15H2,1H3. The summed E-state index contributed by atoms with van der Waals surface area (Å²) in [6.07, 6.45) is 0. The van der Waals surface area contributed by atoms with Crippen LogP contribution in [0.3, 0.4) is 0 Å². The van der Waals surface area contributed by atoms with Gasteiger partial charge in [-0.25, -0.2) is 0 Å². The number of benzene rings is 1. The first-order valence-electron chi connectivity index (χ1n) is 5.95. The molecule has 2 aromatic heterocycles. The summed E-state index contributed by atoms with van der Waals surface area (Å²) in [5, 5.41) is 12.1. The molecule has 1 aromatic carbocycles. The Labute approximate surface area is 124 Å². The fraction of sp³-hybridized carbons (Fsp3) is 0.0769. The van der Waals surface area contributed by atoms with Gasteiger partial charge in [-0.3, -0.25) is 0 Å². The maximum absolute atomic E-state index is 5.97. The van der Waals surface area contributed by atoms with Gasteiger partial charge in [-0.15, -0.1) is 10.2 Å². The second-order valence-corrected chi connectivity index (χ2v) is 4.49. The zero-order valence-corrected chi connectivity index (χ0v) is 11.7. The molecule has 0 amide bonds. The van der Waals surface area contributed by atoms with E-state index in [9.17, 15) is 0 Å². The van der Waals surface area contributed by atoms with E-state index in [1.165, 1.54) is 7.11 Å². The van der Waals surface area contributed by atoms with Crippen molar-refractivity contribution in [3.05, 3.63) is 35.4 Å². The lowest BCUT2D eigenvalue weighted by molar-refractivity contribution is 0.392. The molecule has 8 heteroatoms. The number of methoxy groups -OCH3 is 1. The fourth-order valence-electron chi connectivity index (χ4n) is 1.71. The van der Waals surface area contributed by atoms with E-state index >= 15 is 0 Å². The third kappa shape index (κ3) is 2.50. The molecule has 21 heavy (non-hydrogen) atoms. The van der Waals surface area contributed by atoms with Crippen LogP contribution in [0.5, 0.6) is 5.88 Å². The molecule has 0 saturated heterocycles. The van der Waals surface area contributed by atoms with Crippen LogP contribution in [0.15, 0.2) is 34.9 Å². The first kappa shape index (κ1) is 13.3. The summed E-state index contributed by atoms with van der Waals surface area (Å²) in [5.74, 6) is 0.976. The van der Waals surface area contributed by atoms with Gasteiger partial charge in [-0.1, -0.05) is 22.8 Å². The number of para-hydroxylation sites is 1. The second kappa shape index (κ2) is 5.37. The highest BCUT2D eigenvalue weighted by Crippen LogP contribution is 2.31. The topological polar surface area (TPSA) is 100.0 Å². The number of rotatable bonds is 3. The van der Waals surface area contributed by atoms with Gasteiger partial charge in [0.1, 0.15) is 5.69 Å². The molecule has 0 spiro atoms. The van der Waals surface area contributed by atoms with Crippen LogP contribution in [0.2, 0.25) is 5.02 Å². The largest absolute Gasteiger partial charge is 0.480 e. The van der Waals surface area contributed by atoms with E-state index in [1.807, 2.05) is 0 Å². The normalized spacial score (nSPS) is 10.6. The van der Waals surface area contributed by atoms with Crippen LogP contribution in [-0.4, -0.2) is 27.4 Å². The van der Waals surface area contributed by atoms with Crippen molar-refractivity contribution in [2.75, 3.05) is 12.8 Å². The number of anilines is 1. The van der Waals surface area contributed by atoms with Gasteiger partial charge >= 0.3 is 0 Å². The minimum Gasteiger partial charge on any atom is -0.480 e. The molecule has 0 bridgehead atoms. The van der Waals surface area contributed by atoms with Gasteiger partial charge in [0.25, 0.3) is 5.89 Å². The van der Waals surface area contributed by atoms with E-state index in [0.29, 0.717) is 33.7 Å². The number of nitrogens with zero attached hydrogens (tertiary/aromatic N) is 4. The molecule has 0 saturated carbocycles. The van der Waals surface area contributed by atoms with Crippen LogP contribution in [0, 0.1) is 0 Å². The molecule has 2 N–H and O–H groups in total. The first-order chi connectivity index (χ1) is 10.2. The van der Waals surface area contributed by atoms with Crippen molar-refractivity contribution < 1.29 is 9.26 Å². The molecule has 0 atom stereocenters. The zero-order valence-electron chi connectivity index (χ0n) is 10.9. The average Bonchev–Trinajstić information content (AvgIpc) is 3.00. The van der Waals surface area contributed by atoms with E-state index in [-0.39, 0.29) is 5.89 Å². The number of ether oxygens (including phenoxy) is 1. The van der Waals surface area contributed by atoms with E-state index in [2.05, 4.69) is 20.3 Å². The molecular weight excluding hydrogens is 294 g/mol. The van der Waals surface area contributed by atoms with Crippen molar-refractivity contribution in [1.29, 1.82) is 0 Å². The summed E-state index contributed by atoms with van der Waals surface area (Å²) in [5.41, 5.74) is 7.32. The lowest BCUT2D eigenvalue weighted by atomic mass is 10.2. The van der Waals surface area contributed by atoms with Crippen LogP contribution >= 0.6 is 11.6 Å². The Bertz CT molecular complexity index is 772. The highest BCUT2D eigenvalue weighted by Gasteiger charge is 2.15. The first-order valence-corrected chi connectivity index (χ1v) is 6.33. The van der Waals surface area contributed by atoms with E-state index in [4.69, 9.17) is 26.6 Å². The van der Waals surface area contributed by atoms with Gasteiger partial charge in [0, 0.05) is 6.07 Å². The van der Waals surface area contributed by atoms with E-state index < -0.39 is 0 Å². The Kier molecular flexibility index (Phi) is 3.41. The van der Waals surface area contributed by atoms with Crippen LogP contribution in [0.25, 0.3) is 23.0 Å². The molecule has 2 heterocycles. The number of hydrogen-bond acceptors (Lipinski definition) is 7. The Morgan fingerprint density at radius 3 is 2.76 bits per heavy atom. The minimum absolute atomic E-state index is 0.266. The molecule has 3 aromatic rings. The van der Waals surface area contributed by atoms with E-state index in [1.54, 1.807) is 30.3 Å². The second-order valence-electron chi connectivity index (χ2n) is 4.09. The summed E-state index contributed by atoms with van der Waals surface area (Å²) in [6, 6.07) is 8.53. The van der Waals surface area contributed by atoms with Crippen molar-refractivity contribution in [3.63, 3.8) is 0 Å². The van der Waals surface area contributed by atoms with Crippen molar-refractivity contribution >= 4 is 17.3 Å². The van der Waals surface area contributed by atoms with Crippen molar-refractivity contribution in [3.8, 4) is 28.9 Å². The number of halogens is 1. The SMILES string of the molecule is COc1ccc(-c2noc(-c3cccc(Cl)c3N)n2)nn1. The molecule has 0 aliphatic rings.